The Morgan fingerprint density at radius 1 is 1.06 bits per heavy atom. The van der Waals surface area contributed by atoms with Crippen LogP contribution in [0.5, 0.6) is 5.75 Å². The highest BCUT2D eigenvalue weighted by atomic mass is 35.5. The highest BCUT2D eigenvalue weighted by Crippen LogP contribution is 2.35. The first-order valence-corrected chi connectivity index (χ1v) is 13.9. The van der Waals surface area contributed by atoms with Crippen molar-refractivity contribution in [1.29, 1.82) is 0 Å². The first kappa shape index (κ1) is 26.0. The smallest absolute Gasteiger partial charge is 0.417 e. The average molecular weight is 532 g/mol. The number of alkyl halides is 3. The molecular formula is C24H29ClF3N3O3S. The van der Waals surface area contributed by atoms with Crippen LogP contribution < -0.4 is 9.64 Å². The summed E-state index contributed by atoms with van der Waals surface area (Å²) in [5, 5.41) is 0.0107. The zero-order chi connectivity index (χ0) is 25.2. The number of sulfonamides is 1. The lowest BCUT2D eigenvalue weighted by atomic mass is 9.90. The predicted octanol–water partition coefficient (Wildman–Crippen LogP) is 5.19. The SMILES string of the molecule is CS(=O)(=O)N1CCC(c2ccc(OCC3CCN(c4ncc(C(F)(F)F)cc4Cl)CC3)cc2)CC1. The van der Waals surface area contributed by atoms with Gasteiger partial charge in [-0.2, -0.15) is 13.2 Å². The number of pyridine rings is 1. The molecule has 0 aliphatic carbocycles. The molecule has 0 saturated carbocycles. The maximum Gasteiger partial charge on any atom is 0.417 e. The molecule has 2 fully saturated rings. The van der Waals surface area contributed by atoms with E-state index < -0.39 is 21.8 Å². The summed E-state index contributed by atoms with van der Waals surface area (Å²) in [5.41, 5.74) is 0.347. The fraction of sp³-hybridized carbons (Fsp3) is 0.542. The molecule has 2 aliphatic rings. The second kappa shape index (κ2) is 10.5. The number of ether oxygens (including phenoxy) is 1. The van der Waals surface area contributed by atoms with Gasteiger partial charge in [0.15, 0.2) is 0 Å². The monoisotopic (exact) mass is 531 g/mol. The summed E-state index contributed by atoms with van der Waals surface area (Å²) in [4.78, 5) is 5.88. The van der Waals surface area contributed by atoms with Gasteiger partial charge in [0.1, 0.15) is 11.6 Å². The van der Waals surface area contributed by atoms with Crippen molar-refractivity contribution in [2.75, 3.05) is 43.9 Å². The number of hydrogen-bond acceptors (Lipinski definition) is 5. The van der Waals surface area contributed by atoms with Crippen LogP contribution in [0.2, 0.25) is 5.02 Å². The standard InChI is InChI=1S/C24H29ClF3N3O3S/c1-35(32,33)31-12-8-19(9-13-31)18-2-4-21(5-3-18)34-16-17-6-10-30(11-7-17)23-22(25)14-20(15-29-23)24(26,27)28/h2-5,14-15,17,19H,6-13,16H2,1H3. The van der Waals surface area contributed by atoms with Gasteiger partial charge in [-0.3, -0.25) is 0 Å². The summed E-state index contributed by atoms with van der Waals surface area (Å²) in [6.07, 6.45) is 0.895. The van der Waals surface area contributed by atoms with Crippen LogP contribution in [-0.4, -0.2) is 56.7 Å². The van der Waals surface area contributed by atoms with E-state index in [2.05, 4.69) is 17.1 Å². The van der Waals surface area contributed by atoms with Crippen molar-refractivity contribution >= 4 is 27.4 Å². The molecule has 2 aromatic rings. The van der Waals surface area contributed by atoms with Gasteiger partial charge in [0.05, 0.1) is 23.4 Å². The molecule has 0 spiro atoms. The third-order valence-electron chi connectivity index (χ3n) is 6.82. The fourth-order valence-corrected chi connectivity index (χ4v) is 5.86. The zero-order valence-corrected chi connectivity index (χ0v) is 21.0. The summed E-state index contributed by atoms with van der Waals surface area (Å²) in [6, 6.07) is 8.95. The van der Waals surface area contributed by atoms with E-state index in [1.807, 2.05) is 17.0 Å². The quantitative estimate of drug-likeness (QED) is 0.513. The number of nitrogens with zero attached hydrogens (tertiary/aromatic N) is 3. The van der Waals surface area contributed by atoms with Crippen molar-refractivity contribution in [3.05, 3.63) is 52.7 Å². The van der Waals surface area contributed by atoms with Gasteiger partial charge in [-0.1, -0.05) is 23.7 Å². The molecule has 0 amide bonds. The fourth-order valence-electron chi connectivity index (χ4n) is 4.70. The Morgan fingerprint density at radius 3 is 2.23 bits per heavy atom. The Labute approximate surface area is 209 Å². The minimum absolute atomic E-state index is 0.0107. The van der Waals surface area contributed by atoms with Crippen molar-refractivity contribution in [2.45, 2.75) is 37.8 Å². The maximum atomic E-state index is 12.8. The van der Waals surface area contributed by atoms with Crippen molar-refractivity contribution < 1.29 is 26.3 Å². The van der Waals surface area contributed by atoms with Crippen LogP contribution in [-0.2, 0) is 16.2 Å². The van der Waals surface area contributed by atoms with Crippen molar-refractivity contribution in [3.8, 4) is 5.75 Å². The molecule has 3 heterocycles. The normalized spacial score (nSPS) is 19.2. The van der Waals surface area contributed by atoms with Crippen LogP contribution in [0.25, 0.3) is 0 Å². The van der Waals surface area contributed by atoms with E-state index in [-0.39, 0.29) is 5.02 Å². The highest BCUT2D eigenvalue weighted by Gasteiger charge is 2.32. The van der Waals surface area contributed by atoms with E-state index in [4.69, 9.17) is 16.3 Å². The second-order valence-electron chi connectivity index (χ2n) is 9.27. The van der Waals surface area contributed by atoms with Crippen LogP contribution in [0.1, 0.15) is 42.7 Å². The predicted molar refractivity (Wildman–Crippen MR) is 130 cm³/mol. The second-order valence-corrected chi connectivity index (χ2v) is 11.7. The number of piperidine rings is 2. The van der Waals surface area contributed by atoms with E-state index in [1.165, 1.54) is 16.1 Å². The molecule has 6 nitrogen and oxygen atoms in total. The summed E-state index contributed by atoms with van der Waals surface area (Å²) < 4.78 is 69.4. The topological polar surface area (TPSA) is 62.7 Å². The van der Waals surface area contributed by atoms with Crippen LogP contribution in [0.3, 0.4) is 0 Å². The summed E-state index contributed by atoms with van der Waals surface area (Å²) >= 11 is 6.08. The minimum atomic E-state index is -4.46. The summed E-state index contributed by atoms with van der Waals surface area (Å²) in [5.74, 6) is 1.85. The molecule has 4 rings (SSSR count). The van der Waals surface area contributed by atoms with E-state index in [0.717, 1.165) is 43.7 Å². The number of aromatic nitrogens is 1. The summed E-state index contributed by atoms with van der Waals surface area (Å²) in [6.45, 7) is 2.96. The molecule has 0 bridgehead atoms. The lowest BCUT2D eigenvalue weighted by Gasteiger charge is -2.33. The Hall–Kier alpha value is -2.04. The van der Waals surface area contributed by atoms with Gasteiger partial charge >= 0.3 is 6.18 Å². The van der Waals surface area contributed by atoms with E-state index in [1.54, 1.807) is 0 Å². The molecule has 0 radical (unpaired) electrons. The van der Waals surface area contributed by atoms with Crippen LogP contribution in [0.4, 0.5) is 19.0 Å². The van der Waals surface area contributed by atoms with Gasteiger partial charge in [0.2, 0.25) is 10.0 Å². The van der Waals surface area contributed by atoms with E-state index in [9.17, 15) is 21.6 Å². The Balaban J connectivity index is 1.24. The summed E-state index contributed by atoms with van der Waals surface area (Å²) in [7, 11) is -3.13. The number of benzene rings is 1. The Kier molecular flexibility index (Phi) is 7.83. The molecule has 35 heavy (non-hydrogen) atoms. The van der Waals surface area contributed by atoms with Gasteiger partial charge in [0.25, 0.3) is 0 Å². The van der Waals surface area contributed by atoms with Crippen molar-refractivity contribution in [1.82, 2.24) is 9.29 Å². The lowest BCUT2D eigenvalue weighted by molar-refractivity contribution is -0.137. The van der Waals surface area contributed by atoms with Gasteiger partial charge in [-0.05, 0) is 61.3 Å². The van der Waals surface area contributed by atoms with E-state index >= 15 is 0 Å². The van der Waals surface area contributed by atoms with Crippen LogP contribution >= 0.6 is 11.6 Å². The first-order chi connectivity index (χ1) is 16.5. The molecular weight excluding hydrogens is 503 g/mol. The molecule has 1 aromatic heterocycles. The average Bonchev–Trinajstić information content (AvgIpc) is 2.82. The van der Waals surface area contributed by atoms with Crippen molar-refractivity contribution in [3.63, 3.8) is 0 Å². The van der Waals surface area contributed by atoms with Gasteiger partial charge in [-0.15, -0.1) is 0 Å². The minimum Gasteiger partial charge on any atom is -0.493 e. The van der Waals surface area contributed by atoms with Gasteiger partial charge in [0, 0.05) is 32.4 Å². The number of anilines is 1. The Bertz CT molecular complexity index is 1110. The lowest BCUT2D eigenvalue weighted by Crippen LogP contribution is -2.37. The maximum absolute atomic E-state index is 12.8. The number of rotatable bonds is 6. The van der Waals surface area contributed by atoms with Gasteiger partial charge < -0.3 is 9.64 Å². The third-order valence-corrected chi connectivity index (χ3v) is 8.40. The molecule has 192 valence electrons. The molecule has 0 N–H and O–H groups in total. The molecule has 2 aliphatic heterocycles. The highest BCUT2D eigenvalue weighted by molar-refractivity contribution is 7.88. The zero-order valence-electron chi connectivity index (χ0n) is 19.5. The van der Waals surface area contributed by atoms with Gasteiger partial charge in [-0.25, -0.2) is 17.7 Å². The molecule has 0 unspecified atom stereocenters. The van der Waals surface area contributed by atoms with Crippen molar-refractivity contribution in [2.24, 2.45) is 5.92 Å². The third kappa shape index (κ3) is 6.59. The van der Waals surface area contributed by atoms with Crippen LogP contribution in [0, 0.1) is 5.92 Å². The molecule has 2 saturated heterocycles. The molecule has 11 heteroatoms. The number of halogens is 4. The number of hydrogen-bond donors (Lipinski definition) is 0. The molecule has 1 aromatic carbocycles. The van der Waals surface area contributed by atoms with E-state index in [0.29, 0.717) is 50.4 Å². The first-order valence-electron chi connectivity index (χ1n) is 11.7. The Morgan fingerprint density at radius 2 is 1.69 bits per heavy atom. The van der Waals surface area contributed by atoms with Crippen LogP contribution in [0.15, 0.2) is 36.5 Å². The largest absolute Gasteiger partial charge is 0.493 e. The molecule has 0 atom stereocenters.